The van der Waals surface area contributed by atoms with Crippen molar-refractivity contribution < 1.29 is 4.57 Å². The van der Waals surface area contributed by atoms with E-state index in [1.165, 1.54) is 0 Å². The van der Waals surface area contributed by atoms with Crippen LogP contribution >= 0.6 is 33.7 Å². The van der Waals surface area contributed by atoms with Crippen LogP contribution in [-0.4, -0.2) is 0 Å². The van der Waals surface area contributed by atoms with Gasteiger partial charge in [0.15, 0.2) is 0 Å². The van der Waals surface area contributed by atoms with E-state index in [9.17, 15) is 4.57 Å². The molecule has 0 aromatic heterocycles. The van der Waals surface area contributed by atoms with Crippen molar-refractivity contribution in [1.82, 2.24) is 0 Å². The lowest BCUT2D eigenvalue weighted by molar-refractivity contribution is 0.595. The maximum Gasteiger partial charge on any atom is 0.226 e. The molecule has 0 heterocycles. The molecule has 2 rings (SSSR count). The normalized spacial score (nSPS) is 14.4. The van der Waals surface area contributed by atoms with Gasteiger partial charge in [0.25, 0.3) is 0 Å². The molecule has 0 aliphatic rings. The Kier molecular flexibility index (Phi) is 3.53. The highest BCUT2D eigenvalue weighted by molar-refractivity contribution is 9.10. The van der Waals surface area contributed by atoms with Gasteiger partial charge in [-0.15, -0.1) is 0 Å². The summed E-state index contributed by atoms with van der Waals surface area (Å²) in [5.74, 6) is 0. The smallest absolute Gasteiger partial charge is 0.226 e. The monoisotopic (exact) mass is 314 g/mol. The van der Waals surface area contributed by atoms with Crippen LogP contribution in [0.25, 0.3) is 0 Å². The molecule has 0 radical (unpaired) electrons. The SMILES string of the molecule is O=P(Cl)(c1ccccc1)c1ccccc1Br. The highest BCUT2D eigenvalue weighted by Gasteiger charge is 2.25. The number of benzene rings is 2. The summed E-state index contributed by atoms with van der Waals surface area (Å²) in [6, 6.07) is 16.4. The van der Waals surface area contributed by atoms with Crippen molar-refractivity contribution in [3.63, 3.8) is 0 Å². The molecule has 16 heavy (non-hydrogen) atoms. The van der Waals surface area contributed by atoms with Gasteiger partial charge in [-0.25, -0.2) is 0 Å². The van der Waals surface area contributed by atoms with Crippen molar-refractivity contribution >= 4 is 44.3 Å². The van der Waals surface area contributed by atoms with E-state index in [-0.39, 0.29) is 0 Å². The average Bonchev–Trinajstić information content (AvgIpc) is 2.30. The van der Waals surface area contributed by atoms with Crippen LogP contribution in [0.4, 0.5) is 0 Å². The maximum atomic E-state index is 12.6. The summed E-state index contributed by atoms with van der Waals surface area (Å²) in [7, 11) is 0. The van der Waals surface area contributed by atoms with Gasteiger partial charge in [0.2, 0.25) is 6.49 Å². The van der Waals surface area contributed by atoms with Gasteiger partial charge in [0.1, 0.15) is 0 Å². The molecule has 1 nitrogen and oxygen atoms in total. The van der Waals surface area contributed by atoms with Gasteiger partial charge >= 0.3 is 0 Å². The molecular formula is C12H9BrClOP. The van der Waals surface area contributed by atoms with E-state index in [1.54, 1.807) is 18.2 Å². The van der Waals surface area contributed by atoms with Crippen LogP contribution in [0.2, 0.25) is 0 Å². The minimum absolute atomic E-state index is 0.642. The van der Waals surface area contributed by atoms with Crippen LogP contribution in [0.1, 0.15) is 0 Å². The van der Waals surface area contributed by atoms with Gasteiger partial charge in [-0.3, -0.25) is 4.57 Å². The third-order valence-corrected chi connectivity index (χ3v) is 6.35. The summed E-state index contributed by atoms with van der Waals surface area (Å²) in [5.41, 5.74) is 0. The fraction of sp³-hybridized carbons (Fsp3) is 0. The Morgan fingerprint density at radius 1 is 0.938 bits per heavy atom. The van der Waals surface area contributed by atoms with Crippen molar-refractivity contribution in [3.8, 4) is 0 Å². The summed E-state index contributed by atoms with van der Waals surface area (Å²) < 4.78 is 13.3. The molecule has 0 fully saturated rings. The second kappa shape index (κ2) is 4.75. The summed E-state index contributed by atoms with van der Waals surface area (Å²) in [4.78, 5) is 0. The lowest BCUT2D eigenvalue weighted by atomic mass is 10.4. The first-order chi connectivity index (χ1) is 7.62. The number of halogens is 2. The molecular weight excluding hydrogens is 306 g/mol. The zero-order chi connectivity index (χ0) is 11.6. The fourth-order valence-electron chi connectivity index (χ4n) is 1.44. The Morgan fingerprint density at radius 3 is 2.12 bits per heavy atom. The van der Waals surface area contributed by atoms with Crippen molar-refractivity contribution in [1.29, 1.82) is 0 Å². The molecule has 0 aliphatic carbocycles. The Labute approximate surface area is 108 Å². The van der Waals surface area contributed by atoms with Crippen LogP contribution in [0.15, 0.2) is 59.1 Å². The first-order valence-corrected chi connectivity index (χ1v) is 8.13. The minimum Gasteiger partial charge on any atom is -0.296 e. The molecule has 0 saturated heterocycles. The molecule has 0 bridgehead atoms. The van der Waals surface area contributed by atoms with Gasteiger partial charge in [-0.05, 0) is 39.3 Å². The fourth-order valence-corrected chi connectivity index (χ4v) is 5.03. The van der Waals surface area contributed by atoms with Crippen LogP contribution in [0.3, 0.4) is 0 Å². The van der Waals surface area contributed by atoms with E-state index in [0.29, 0.717) is 10.6 Å². The Hall–Kier alpha value is -0.560. The molecule has 0 N–H and O–H groups in total. The van der Waals surface area contributed by atoms with E-state index in [1.807, 2.05) is 36.4 Å². The zero-order valence-corrected chi connectivity index (χ0v) is 11.5. The molecule has 0 saturated carbocycles. The summed E-state index contributed by atoms with van der Waals surface area (Å²) in [5, 5.41) is 1.30. The third-order valence-electron chi connectivity index (χ3n) is 2.25. The maximum absolute atomic E-state index is 12.6. The summed E-state index contributed by atoms with van der Waals surface area (Å²) in [6.45, 7) is -3.01. The van der Waals surface area contributed by atoms with Gasteiger partial charge < -0.3 is 0 Å². The van der Waals surface area contributed by atoms with E-state index in [2.05, 4.69) is 15.9 Å². The minimum atomic E-state index is -3.01. The van der Waals surface area contributed by atoms with Crippen LogP contribution in [0.5, 0.6) is 0 Å². The number of hydrogen-bond acceptors (Lipinski definition) is 1. The molecule has 1 atom stereocenters. The topological polar surface area (TPSA) is 17.1 Å². The van der Waals surface area contributed by atoms with Gasteiger partial charge in [0.05, 0.1) is 0 Å². The highest BCUT2D eigenvalue weighted by atomic mass is 79.9. The molecule has 0 amide bonds. The Balaban J connectivity index is 2.56. The molecule has 0 aliphatic heterocycles. The standard InChI is InChI=1S/C12H9BrClOP/c13-11-8-4-5-9-12(11)16(14,15)10-6-2-1-3-7-10/h1-9H. The zero-order valence-electron chi connectivity index (χ0n) is 8.31. The molecule has 1 unspecified atom stereocenters. The quantitative estimate of drug-likeness (QED) is 0.768. The Bertz CT molecular complexity index is 542. The van der Waals surface area contributed by atoms with Crippen molar-refractivity contribution in [3.05, 3.63) is 59.1 Å². The van der Waals surface area contributed by atoms with Crippen LogP contribution < -0.4 is 10.6 Å². The van der Waals surface area contributed by atoms with Crippen LogP contribution in [-0.2, 0) is 4.57 Å². The molecule has 0 spiro atoms. The molecule has 82 valence electrons. The van der Waals surface area contributed by atoms with Gasteiger partial charge in [-0.2, -0.15) is 0 Å². The largest absolute Gasteiger partial charge is 0.296 e. The lowest BCUT2D eigenvalue weighted by Crippen LogP contribution is -2.12. The molecule has 2 aromatic carbocycles. The summed E-state index contributed by atoms with van der Waals surface area (Å²) >= 11 is 9.59. The van der Waals surface area contributed by atoms with E-state index >= 15 is 0 Å². The third kappa shape index (κ3) is 2.24. The predicted octanol–water partition coefficient (Wildman–Crippen LogP) is 3.92. The number of hydrogen-bond donors (Lipinski definition) is 0. The molecule has 4 heteroatoms. The Morgan fingerprint density at radius 2 is 1.50 bits per heavy atom. The molecule has 2 aromatic rings. The van der Waals surface area contributed by atoms with E-state index in [0.717, 1.165) is 4.47 Å². The van der Waals surface area contributed by atoms with Crippen LogP contribution in [0, 0.1) is 0 Å². The highest BCUT2D eigenvalue weighted by Crippen LogP contribution is 2.50. The second-order valence-corrected chi connectivity index (χ2v) is 7.66. The van der Waals surface area contributed by atoms with E-state index < -0.39 is 6.49 Å². The van der Waals surface area contributed by atoms with Crippen molar-refractivity contribution in [2.75, 3.05) is 0 Å². The first kappa shape index (κ1) is 11.9. The first-order valence-electron chi connectivity index (χ1n) is 4.73. The number of rotatable bonds is 2. The summed E-state index contributed by atoms with van der Waals surface area (Å²) in [6.07, 6.45) is 0. The van der Waals surface area contributed by atoms with Gasteiger partial charge in [0, 0.05) is 15.1 Å². The average molecular weight is 316 g/mol. The van der Waals surface area contributed by atoms with Gasteiger partial charge in [-0.1, -0.05) is 42.5 Å². The second-order valence-electron chi connectivity index (χ2n) is 3.32. The van der Waals surface area contributed by atoms with Crippen molar-refractivity contribution in [2.24, 2.45) is 0 Å². The predicted molar refractivity (Wildman–Crippen MR) is 73.3 cm³/mol. The lowest BCUT2D eigenvalue weighted by Gasteiger charge is -2.12. The van der Waals surface area contributed by atoms with E-state index in [4.69, 9.17) is 11.2 Å². The van der Waals surface area contributed by atoms with Crippen molar-refractivity contribution in [2.45, 2.75) is 0 Å².